The molecule has 0 saturated carbocycles. The summed E-state index contributed by atoms with van der Waals surface area (Å²) < 4.78 is 4.94. The lowest BCUT2D eigenvalue weighted by Crippen LogP contribution is -2.33. The van der Waals surface area contributed by atoms with Gasteiger partial charge in [0.15, 0.2) is 0 Å². The Morgan fingerprint density at radius 2 is 1.61 bits per heavy atom. The van der Waals surface area contributed by atoms with Crippen molar-refractivity contribution in [1.29, 1.82) is 0 Å². The van der Waals surface area contributed by atoms with Gasteiger partial charge in [0.05, 0.1) is 12.2 Å². The SMILES string of the molecule is CCOC(=O)CCCCc1ncc(C#Cc2ccc3c(c2)C(C)(C)CCC3(C)C)cn1. The maximum Gasteiger partial charge on any atom is 0.305 e. The maximum absolute atomic E-state index is 11.4. The number of aromatic nitrogens is 2. The predicted molar refractivity (Wildman–Crippen MR) is 124 cm³/mol. The highest BCUT2D eigenvalue weighted by Gasteiger charge is 2.36. The van der Waals surface area contributed by atoms with Gasteiger partial charge in [0.2, 0.25) is 0 Å². The number of esters is 1. The van der Waals surface area contributed by atoms with Crippen molar-refractivity contribution in [2.75, 3.05) is 6.61 Å². The first-order valence-corrected chi connectivity index (χ1v) is 11.3. The molecule has 0 unspecified atom stereocenters. The number of carbonyl (C=O) groups excluding carboxylic acids is 1. The Bertz CT molecular complexity index is 979. The van der Waals surface area contributed by atoms with Crippen LogP contribution in [0.15, 0.2) is 30.6 Å². The fourth-order valence-corrected chi connectivity index (χ4v) is 4.14. The van der Waals surface area contributed by atoms with Crippen LogP contribution in [-0.4, -0.2) is 22.5 Å². The van der Waals surface area contributed by atoms with E-state index in [1.807, 2.05) is 6.92 Å². The Kier molecular flexibility index (Phi) is 7.15. The van der Waals surface area contributed by atoms with Crippen molar-refractivity contribution >= 4 is 5.97 Å². The van der Waals surface area contributed by atoms with Gasteiger partial charge >= 0.3 is 5.97 Å². The molecule has 0 spiro atoms. The van der Waals surface area contributed by atoms with E-state index in [1.54, 1.807) is 12.4 Å². The van der Waals surface area contributed by atoms with Crippen LogP contribution in [0.1, 0.15) is 94.8 Å². The van der Waals surface area contributed by atoms with Crippen LogP contribution < -0.4 is 0 Å². The van der Waals surface area contributed by atoms with Crippen molar-refractivity contribution in [3.8, 4) is 11.8 Å². The van der Waals surface area contributed by atoms with Gasteiger partial charge in [-0.05, 0) is 66.7 Å². The molecule has 0 saturated heterocycles. The van der Waals surface area contributed by atoms with Crippen LogP contribution in [0.4, 0.5) is 0 Å². The number of rotatable bonds is 6. The standard InChI is InChI=1S/C27H34N2O2/c1-6-31-25(30)10-8-7-9-24-28-18-21(19-29-24)12-11-20-13-14-22-23(17-20)27(4,5)16-15-26(22,2)3/h13-14,17-19H,6-10,15-16H2,1-5H3. The smallest absolute Gasteiger partial charge is 0.305 e. The van der Waals surface area contributed by atoms with E-state index in [2.05, 4.69) is 67.7 Å². The first-order valence-electron chi connectivity index (χ1n) is 11.3. The Morgan fingerprint density at radius 1 is 0.968 bits per heavy atom. The summed E-state index contributed by atoms with van der Waals surface area (Å²) in [7, 11) is 0. The van der Waals surface area contributed by atoms with Crippen molar-refractivity contribution in [2.24, 2.45) is 0 Å². The van der Waals surface area contributed by atoms with Crippen LogP contribution in [0.5, 0.6) is 0 Å². The van der Waals surface area contributed by atoms with E-state index in [0.29, 0.717) is 13.0 Å². The summed E-state index contributed by atoms with van der Waals surface area (Å²) in [5.74, 6) is 7.14. The van der Waals surface area contributed by atoms with Gasteiger partial charge in [-0.1, -0.05) is 45.6 Å². The van der Waals surface area contributed by atoms with Crippen molar-refractivity contribution in [3.05, 3.63) is 58.7 Å². The van der Waals surface area contributed by atoms with Gasteiger partial charge in [0.25, 0.3) is 0 Å². The molecule has 0 bridgehead atoms. The predicted octanol–water partition coefficient (Wildman–Crippen LogP) is 5.50. The van der Waals surface area contributed by atoms with Gasteiger partial charge in [0, 0.05) is 30.8 Å². The average molecular weight is 419 g/mol. The zero-order valence-electron chi connectivity index (χ0n) is 19.5. The normalized spacial score (nSPS) is 16.0. The quantitative estimate of drug-likeness (QED) is 0.353. The molecule has 0 atom stereocenters. The highest BCUT2D eigenvalue weighted by atomic mass is 16.5. The van der Waals surface area contributed by atoms with Crippen molar-refractivity contribution in [2.45, 2.75) is 84.0 Å². The molecule has 3 rings (SSSR count). The minimum atomic E-state index is -0.136. The number of unbranched alkanes of at least 4 members (excludes halogenated alkanes) is 1. The third-order valence-electron chi connectivity index (χ3n) is 6.25. The fourth-order valence-electron chi connectivity index (χ4n) is 4.14. The Morgan fingerprint density at radius 3 is 2.29 bits per heavy atom. The van der Waals surface area contributed by atoms with Gasteiger partial charge in [-0.25, -0.2) is 9.97 Å². The van der Waals surface area contributed by atoms with E-state index in [-0.39, 0.29) is 16.8 Å². The van der Waals surface area contributed by atoms with Crippen LogP contribution in [0.25, 0.3) is 0 Å². The molecule has 4 heteroatoms. The van der Waals surface area contributed by atoms with Gasteiger partial charge in [-0.3, -0.25) is 4.79 Å². The summed E-state index contributed by atoms with van der Waals surface area (Å²) in [5.41, 5.74) is 5.12. The zero-order chi connectivity index (χ0) is 22.5. The number of ether oxygens (including phenoxy) is 1. The molecule has 1 aliphatic rings. The van der Waals surface area contributed by atoms with Crippen molar-refractivity contribution in [1.82, 2.24) is 9.97 Å². The van der Waals surface area contributed by atoms with Crippen LogP contribution in [0.3, 0.4) is 0 Å². The second kappa shape index (κ2) is 9.64. The molecule has 1 aliphatic carbocycles. The van der Waals surface area contributed by atoms with E-state index in [1.165, 1.54) is 24.0 Å². The topological polar surface area (TPSA) is 52.1 Å². The summed E-state index contributed by atoms with van der Waals surface area (Å²) in [6.07, 6.45) is 8.83. The lowest BCUT2D eigenvalue weighted by Gasteiger charge is -2.41. The second-order valence-electron chi connectivity index (χ2n) is 9.68. The molecule has 31 heavy (non-hydrogen) atoms. The molecule has 4 nitrogen and oxygen atoms in total. The van der Waals surface area contributed by atoms with Crippen LogP contribution >= 0.6 is 0 Å². The average Bonchev–Trinajstić information content (AvgIpc) is 2.74. The van der Waals surface area contributed by atoms with Gasteiger partial charge in [0.1, 0.15) is 5.82 Å². The molecular weight excluding hydrogens is 384 g/mol. The van der Waals surface area contributed by atoms with Gasteiger partial charge in [-0.2, -0.15) is 0 Å². The molecule has 164 valence electrons. The largest absolute Gasteiger partial charge is 0.466 e. The van der Waals surface area contributed by atoms with Gasteiger partial charge < -0.3 is 4.74 Å². The first-order chi connectivity index (χ1) is 14.7. The zero-order valence-corrected chi connectivity index (χ0v) is 19.5. The minimum absolute atomic E-state index is 0.136. The molecule has 0 amide bonds. The molecule has 2 aromatic rings. The number of carbonyl (C=O) groups is 1. The van der Waals surface area contributed by atoms with Crippen LogP contribution in [-0.2, 0) is 26.8 Å². The van der Waals surface area contributed by atoms with Crippen LogP contribution in [0, 0.1) is 11.8 Å². The Labute approximate surface area is 186 Å². The molecule has 0 radical (unpaired) electrons. The van der Waals surface area contributed by atoms with Crippen molar-refractivity contribution in [3.63, 3.8) is 0 Å². The monoisotopic (exact) mass is 418 g/mol. The third-order valence-corrected chi connectivity index (χ3v) is 6.25. The Hall–Kier alpha value is -2.67. The Balaban J connectivity index is 1.63. The van der Waals surface area contributed by atoms with Gasteiger partial charge in [-0.15, -0.1) is 0 Å². The van der Waals surface area contributed by atoms with Crippen molar-refractivity contribution < 1.29 is 9.53 Å². The molecule has 1 aromatic carbocycles. The van der Waals surface area contributed by atoms with E-state index in [9.17, 15) is 4.79 Å². The molecule has 1 heterocycles. The fraction of sp³-hybridized carbons (Fsp3) is 0.519. The number of hydrogen-bond donors (Lipinski definition) is 0. The molecule has 0 fully saturated rings. The number of hydrogen-bond acceptors (Lipinski definition) is 4. The van der Waals surface area contributed by atoms with Crippen LogP contribution in [0.2, 0.25) is 0 Å². The van der Waals surface area contributed by atoms with E-state index in [0.717, 1.165) is 36.2 Å². The highest BCUT2D eigenvalue weighted by molar-refractivity contribution is 5.69. The first kappa shape index (κ1) is 23.0. The molecule has 0 N–H and O–H groups in total. The lowest BCUT2D eigenvalue weighted by atomic mass is 9.63. The highest BCUT2D eigenvalue weighted by Crippen LogP contribution is 2.45. The number of fused-ring (bicyclic) bond motifs is 1. The molecular formula is C27H34N2O2. The van der Waals surface area contributed by atoms with E-state index >= 15 is 0 Å². The number of benzene rings is 1. The molecule has 1 aromatic heterocycles. The summed E-state index contributed by atoms with van der Waals surface area (Å²) >= 11 is 0. The lowest BCUT2D eigenvalue weighted by molar-refractivity contribution is -0.143. The number of nitrogens with zero attached hydrogens (tertiary/aromatic N) is 2. The third kappa shape index (κ3) is 5.94. The summed E-state index contributed by atoms with van der Waals surface area (Å²) in [5, 5.41) is 0. The van der Waals surface area contributed by atoms with E-state index < -0.39 is 0 Å². The summed E-state index contributed by atoms with van der Waals surface area (Å²) in [4.78, 5) is 20.2. The summed E-state index contributed by atoms with van der Waals surface area (Å²) in [6.45, 7) is 11.6. The summed E-state index contributed by atoms with van der Waals surface area (Å²) in [6, 6.07) is 6.66. The second-order valence-corrected chi connectivity index (χ2v) is 9.68. The maximum atomic E-state index is 11.4. The minimum Gasteiger partial charge on any atom is -0.466 e. The number of aryl methyl sites for hydroxylation is 1. The van der Waals surface area contributed by atoms with E-state index in [4.69, 9.17) is 4.74 Å². The molecule has 0 aliphatic heterocycles.